The van der Waals surface area contributed by atoms with E-state index in [1.807, 2.05) is 0 Å². The molecule has 0 unspecified atom stereocenters. The van der Waals surface area contributed by atoms with E-state index in [0.29, 0.717) is 0 Å². The molecular formula is C10H18O4. The molecule has 4 heteroatoms. The lowest BCUT2D eigenvalue weighted by molar-refractivity contribution is -0.231. The molecule has 0 N–H and O–H groups in total. The Morgan fingerprint density at radius 1 is 1.07 bits per heavy atom. The molecule has 0 amide bonds. The highest BCUT2D eigenvalue weighted by atomic mass is 16.7. The number of hydrogen-bond donors (Lipinski definition) is 0. The number of esters is 2. The predicted molar refractivity (Wildman–Crippen MR) is 51.5 cm³/mol. The lowest BCUT2D eigenvalue weighted by Crippen LogP contribution is -2.39. The molecule has 0 aliphatic carbocycles. The van der Waals surface area contributed by atoms with Crippen LogP contribution in [0.3, 0.4) is 0 Å². The van der Waals surface area contributed by atoms with Crippen molar-refractivity contribution < 1.29 is 19.1 Å². The van der Waals surface area contributed by atoms with Crippen LogP contribution in [0, 0.1) is 0 Å². The van der Waals surface area contributed by atoms with Gasteiger partial charge < -0.3 is 9.47 Å². The summed E-state index contributed by atoms with van der Waals surface area (Å²) in [4.78, 5) is 21.1. The van der Waals surface area contributed by atoms with Crippen LogP contribution in [0.4, 0.5) is 0 Å². The van der Waals surface area contributed by atoms with Gasteiger partial charge in [-0.3, -0.25) is 9.59 Å². The number of ether oxygens (including phenoxy) is 2. The molecule has 0 aromatic rings. The van der Waals surface area contributed by atoms with Crippen molar-refractivity contribution in [3.63, 3.8) is 0 Å². The fourth-order valence-corrected chi connectivity index (χ4v) is 0.759. The predicted octanol–water partition coefficient (Wildman–Crippen LogP) is 2.02. The van der Waals surface area contributed by atoms with Crippen molar-refractivity contribution in [2.24, 2.45) is 0 Å². The SMILES string of the molecule is CC1(C)OC(=O)CC(=O)O1.CCCC. The maximum Gasteiger partial charge on any atom is 0.320 e. The molecule has 1 aliphatic rings. The van der Waals surface area contributed by atoms with E-state index in [2.05, 4.69) is 23.3 Å². The average Bonchev–Trinajstić information content (AvgIpc) is 2.00. The first-order valence-corrected chi connectivity index (χ1v) is 4.85. The molecule has 1 aliphatic heterocycles. The van der Waals surface area contributed by atoms with E-state index in [0.717, 1.165) is 0 Å². The Morgan fingerprint density at radius 3 is 1.64 bits per heavy atom. The summed E-state index contributed by atoms with van der Waals surface area (Å²) in [6, 6.07) is 0. The van der Waals surface area contributed by atoms with Crippen LogP contribution in [0.5, 0.6) is 0 Å². The minimum atomic E-state index is -1.08. The fraction of sp³-hybridized carbons (Fsp3) is 0.800. The Kier molecular flexibility index (Phi) is 5.20. The summed E-state index contributed by atoms with van der Waals surface area (Å²) < 4.78 is 9.32. The molecule has 1 fully saturated rings. The van der Waals surface area contributed by atoms with Gasteiger partial charge in [-0.05, 0) is 0 Å². The fourth-order valence-electron chi connectivity index (χ4n) is 0.759. The average molecular weight is 202 g/mol. The van der Waals surface area contributed by atoms with Crippen molar-refractivity contribution in [1.29, 1.82) is 0 Å². The number of unbranched alkanes of at least 4 members (excludes halogenated alkanes) is 1. The second kappa shape index (κ2) is 5.62. The molecule has 1 saturated heterocycles. The summed E-state index contributed by atoms with van der Waals surface area (Å²) in [6.07, 6.45) is 2.36. The third kappa shape index (κ3) is 5.56. The van der Waals surface area contributed by atoms with Crippen molar-refractivity contribution in [1.82, 2.24) is 0 Å². The first-order valence-electron chi connectivity index (χ1n) is 4.85. The van der Waals surface area contributed by atoms with Crippen LogP contribution in [0.25, 0.3) is 0 Å². The summed E-state index contributed by atoms with van der Waals surface area (Å²) >= 11 is 0. The Balaban J connectivity index is 0.000000364. The zero-order valence-corrected chi connectivity index (χ0v) is 9.25. The van der Waals surface area contributed by atoms with Crippen LogP contribution in [-0.4, -0.2) is 17.7 Å². The number of hydrogen-bond acceptors (Lipinski definition) is 4. The van der Waals surface area contributed by atoms with Gasteiger partial charge >= 0.3 is 11.9 Å². The highest BCUT2D eigenvalue weighted by Gasteiger charge is 2.34. The molecule has 0 atom stereocenters. The molecule has 0 aromatic heterocycles. The van der Waals surface area contributed by atoms with Crippen LogP contribution in [-0.2, 0) is 19.1 Å². The van der Waals surface area contributed by atoms with E-state index in [4.69, 9.17) is 0 Å². The van der Waals surface area contributed by atoms with Crippen molar-refractivity contribution in [2.75, 3.05) is 0 Å². The summed E-state index contributed by atoms with van der Waals surface area (Å²) in [7, 11) is 0. The van der Waals surface area contributed by atoms with Crippen LogP contribution in [0.1, 0.15) is 47.0 Å². The van der Waals surface area contributed by atoms with Crippen molar-refractivity contribution in [3.05, 3.63) is 0 Å². The molecule has 0 saturated carbocycles. The Hall–Kier alpha value is -1.06. The van der Waals surface area contributed by atoms with Gasteiger partial charge in [0.05, 0.1) is 0 Å². The lowest BCUT2D eigenvalue weighted by Gasteiger charge is -2.28. The minimum Gasteiger partial charge on any atom is -0.423 e. The topological polar surface area (TPSA) is 52.6 Å². The number of carbonyl (C=O) groups is 2. The normalized spacial score (nSPS) is 18.9. The van der Waals surface area contributed by atoms with E-state index in [9.17, 15) is 9.59 Å². The first-order chi connectivity index (χ1) is 6.41. The van der Waals surface area contributed by atoms with Gasteiger partial charge in [0.2, 0.25) is 0 Å². The van der Waals surface area contributed by atoms with E-state index in [1.165, 1.54) is 26.7 Å². The van der Waals surface area contributed by atoms with Crippen LogP contribution < -0.4 is 0 Å². The van der Waals surface area contributed by atoms with Gasteiger partial charge in [0.25, 0.3) is 5.79 Å². The zero-order chi connectivity index (χ0) is 11.2. The third-order valence-corrected chi connectivity index (χ3v) is 1.51. The van der Waals surface area contributed by atoms with E-state index >= 15 is 0 Å². The lowest BCUT2D eigenvalue weighted by atomic mass is 10.3. The highest BCUT2D eigenvalue weighted by Crippen LogP contribution is 2.18. The van der Waals surface area contributed by atoms with E-state index < -0.39 is 17.7 Å². The van der Waals surface area contributed by atoms with Gasteiger partial charge in [-0.25, -0.2) is 0 Å². The summed E-state index contributed by atoms with van der Waals surface area (Å²) in [5.41, 5.74) is 0. The number of cyclic esters (lactones) is 2. The van der Waals surface area contributed by atoms with Crippen LogP contribution >= 0.6 is 0 Å². The van der Waals surface area contributed by atoms with Crippen molar-refractivity contribution in [3.8, 4) is 0 Å². The monoisotopic (exact) mass is 202 g/mol. The van der Waals surface area contributed by atoms with Crippen molar-refractivity contribution in [2.45, 2.75) is 52.7 Å². The molecule has 1 rings (SSSR count). The summed E-state index contributed by atoms with van der Waals surface area (Å²) in [5.74, 6) is -2.13. The summed E-state index contributed by atoms with van der Waals surface area (Å²) in [5, 5.41) is 0. The van der Waals surface area contributed by atoms with Gasteiger partial charge in [-0.2, -0.15) is 0 Å². The summed E-state index contributed by atoms with van der Waals surface area (Å²) in [6.45, 7) is 7.39. The minimum absolute atomic E-state index is 0.274. The maximum atomic E-state index is 10.6. The van der Waals surface area contributed by atoms with E-state index in [1.54, 1.807) is 0 Å². The molecule has 14 heavy (non-hydrogen) atoms. The zero-order valence-electron chi connectivity index (χ0n) is 9.25. The standard InChI is InChI=1S/C6H8O4.C4H10/c1-6(2)9-4(7)3-5(8)10-6;1-3-4-2/h3H2,1-2H3;3-4H2,1-2H3. The second-order valence-electron chi connectivity index (χ2n) is 3.52. The molecule has 4 nitrogen and oxygen atoms in total. The second-order valence-corrected chi connectivity index (χ2v) is 3.52. The Morgan fingerprint density at radius 2 is 1.43 bits per heavy atom. The number of carbonyl (C=O) groups excluding carboxylic acids is 2. The Labute approximate surface area is 84.6 Å². The van der Waals surface area contributed by atoms with Crippen molar-refractivity contribution >= 4 is 11.9 Å². The molecule has 1 heterocycles. The molecule has 0 aromatic carbocycles. The molecule has 82 valence electrons. The highest BCUT2D eigenvalue weighted by molar-refractivity contribution is 5.92. The first kappa shape index (κ1) is 12.9. The third-order valence-electron chi connectivity index (χ3n) is 1.51. The molecular weight excluding hydrogens is 184 g/mol. The molecule has 0 bridgehead atoms. The van der Waals surface area contributed by atoms with Crippen LogP contribution in [0.15, 0.2) is 0 Å². The van der Waals surface area contributed by atoms with Gasteiger partial charge in [0, 0.05) is 13.8 Å². The van der Waals surface area contributed by atoms with Gasteiger partial charge in [0.15, 0.2) is 0 Å². The van der Waals surface area contributed by atoms with Gasteiger partial charge in [-0.15, -0.1) is 0 Å². The maximum absolute atomic E-state index is 10.6. The van der Waals surface area contributed by atoms with Gasteiger partial charge in [-0.1, -0.05) is 26.7 Å². The Bertz CT molecular complexity index is 188. The number of rotatable bonds is 1. The quantitative estimate of drug-likeness (QED) is 0.482. The molecule has 0 radical (unpaired) electrons. The van der Waals surface area contributed by atoms with Crippen LogP contribution in [0.2, 0.25) is 0 Å². The van der Waals surface area contributed by atoms with Gasteiger partial charge in [0.1, 0.15) is 6.42 Å². The largest absolute Gasteiger partial charge is 0.423 e. The smallest absolute Gasteiger partial charge is 0.320 e. The van der Waals surface area contributed by atoms with E-state index in [-0.39, 0.29) is 6.42 Å². The molecule has 0 spiro atoms.